The minimum atomic E-state index is -0.113. The highest BCUT2D eigenvalue weighted by Crippen LogP contribution is 2.22. The van der Waals surface area contributed by atoms with Crippen molar-refractivity contribution in [3.63, 3.8) is 0 Å². The maximum atomic E-state index is 11.5. The van der Waals surface area contributed by atoms with Gasteiger partial charge in [-0.25, -0.2) is 0 Å². The van der Waals surface area contributed by atoms with Gasteiger partial charge in [0.2, 0.25) is 5.91 Å². The molecule has 1 aromatic rings. The van der Waals surface area contributed by atoms with Crippen molar-refractivity contribution in [3.05, 3.63) is 24.3 Å². The molecule has 1 aromatic carbocycles. The summed E-state index contributed by atoms with van der Waals surface area (Å²) in [4.78, 5) is 11.5. The fourth-order valence-corrected chi connectivity index (χ4v) is 1.25. The Morgan fingerprint density at radius 2 is 2.19 bits per heavy atom. The molecule has 4 N–H and O–H groups in total. The van der Waals surface area contributed by atoms with E-state index >= 15 is 0 Å². The number of nitrogens with one attached hydrogen (secondary N) is 2. The number of methoxy groups -OCH3 is 1. The highest BCUT2D eigenvalue weighted by molar-refractivity contribution is 5.93. The number of carbonyl (C=O) groups excluding carboxylic acids is 1. The zero-order valence-corrected chi connectivity index (χ0v) is 9.32. The van der Waals surface area contributed by atoms with Crippen LogP contribution in [0, 0.1) is 0 Å². The maximum Gasteiger partial charge on any atom is 0.238 e. The van der Waals surface area contributed by atoms with Crippen LogP contribution in [0.4, 0.5) is 5.69 Å². The van der Waals surface area contributed by atoms with Gasteiger partial charge in [-0.05, 0) is 12.1 Å². The van der Waals surface area contributed by atoms with E-state index in [9.17, 15) is 4.79 Å². The summed E-state index contributed by atoms with van der Waals surface area (Å²) >= 11 is 0. The summed E-state index contributed by atoms with van der Waals surface area (Å²) in [5, 5.41) is 5.67. The van der Waals surface area contributed by atoms with Gasteiger partial charge >= 0.3 is 0 Å². The first kappa shape index (κ1) is 12.5. The lowest BCUT2D eigenvalue weighted by Crippen LogP contribution is -2.31. The SMILES string of the molecule is COc1ccccc1NC(=O)CNCCN. The topological polar surface area (TPSA) is 76.4 Å². The second kappa shape index (κ2) is 6.81. The molecule has 0 aliphatic heterocycles. The molecular formula is C11H17N3O2. The van der Waals surface area contributed by atoms with Gasteiger partial charge < -0.3 is 21.1 Å². The van der Waals surface area contributed by atoms with Crippen molar-refractivity contribution in [2.24, 2.45) is 5.73 Å². The number of benzene rings is 1. The Morgan fingerprint density at radius 1 is 1.44 bits per heavy atom. The van der Waals surface area contributed by atoms with Crippen molar-refractivity contribution < 1.29 is 9.53 Å². The van der Waals surface area contributed by atoms with E-state index in [-0.39, 0.29) is 12.5 Å². The highest BCUT2D eigenvalue weighted by Gasteiger charge is 2.05. The Balaban J connectivity index is 2.49. The van der Waals surface area contributed by atoms with Crippen LogP contribution < -0.4 is 21.1 Å². The molecule has 88 valence electrons. The van der Waals surface area contributed by atoms with Crippen LogP contribution in [-0.2, 0) is 4.79 Å². The average molecular weight is 223 g/mol. The molecular weight excluding hydrogens is 206 g/mol. The molecule has 0 atom stereocenters. The summed E-state index contributed by atoms with van der Waals surface area (Å²) in [5.41, 5.74) is 5.97. The highest BCUT2D eigenvalue weighted by atomic mass is 16.5. The molecule has 0 saturated carbocycles. The van der Waals surface area contributed by atoms with Crippen molar-refractivity contribution >= 4 is 11.6 Å². The number of rotatable bonds is 6. The lowest BCUT2D eigenvalue weighted by Gasteiger charge is -2.09. The smallest absolute Gasteiger partial charge is 0.238 e. The summed E-state index contributed by atoms with van der Waals surface area (Å²) in [6.45, 7) is 1.39. The zero-order valence-electron chi connectivity index (χ0n) is 9.32. The molecule has 0 bridgehead atoms. The normalized spacial score (nSPS) is 9.88. The number of amides is 1. The van der Waals surface area contributed by atoms with E-state index in [4.69, 9.17) is 10.5 Å². The minimum absolute atomic E-state index is 0.113. The number of para-hydroxylation sites is 2. The van der Waals surface area contributed by atoms with Crippen LogP contribution in [0.5, 0.6) is 5.75 Å². The van der Waals surface area contributed by atoms with E-state index in [0.29, 0.717) is 24.5 Å². The molecule has 0 radical (unpaired) electrons. The predicted octanol–water partition coefficient (Wildman–Crippen LogP) is 0.182. The Labute approximate surface area is 95.0 Å². The summed E-state index contributed by atoms with van der Waals surface area (Å²) in [7, 11) is 1.57. The first-order chi connectivity index (χ1) is 7.77. The Hall–Kier alpha value is -1.59. The molecule has 16 heavy (non-hydrogen) atoms. The molecule has 0 aliphatic rings. The second-order valence-electron chi connectivity index (χ2n) is 3.21. The number of hydrogen-bond acceptors (Lipinski definition) is 4. The molecule has 1 amide bonds. The molecule has 0 aromatic heterocycles. The van der Waals surface area contributed by atoms with Crippen LogP contribution in [0.25, 0.3) is 0 Å². The summed E-state index contributed by atoms with van der Waals surface area (Å²) in [6.07, 6.45) is 0. The second-order valence-corrected chi connectivity index (χ2v) is 3.21. The molecule has 0 aliphatic carbocycles. The van der Waals surface area contributed by atoms with Gasteiger partial charge in [-0.1, -0.05) is 12.1 Å². The van der Waals surface area contributed by atoms with Gasteiger partial charge in [0.15, 0.2) is 0 Å². The molecule has 5 heteroatoms. The third-order valence-corrected chi connectivity index (χ3v) is 1.99. The van der Waals surface area contributed by atoms with Crippen LogP contribution >= 0.6 is 0 Å². The van der Waals surface area contributed by atoms with E-state index < -0.39 is 0 Å². The van der Waals surface area contributed by atoms with Crippen LogP contribution in [0.15, 0.2) is 24.3 Å². The van der Waals surface area contributed by atoms with Gasteiger partial charge in [-0.2, -0.15) is 0 Å². The van der Waals surface area contributed by atoms with Gasteiger partial charge in [0, 0.05) is 13.1 Å². The van der Waals surface area contributed by atoms with Crippen molar-refractivity contribution in [2.45, 2.75) is 0 Å². The van der Waals surface area contributed by atoms with Gasteiger partial charge in [0.1, 0.15) is 5.75 Å². The van der Waals surface area contributed by atoms with E-state index in [1.54, 1.807) is 19.2 Å². The minimum Gasteiger partial charge on any atom is -0.495 e. The fourth-order valence-electron chi connectivity index (χ4n) is 1.25. The Morgan fingerprint density at radius 3 is 2.88 bits per heavy atom. The van der Waals surface area contributed by atoms with Crippen LogP contribution in [0.2, 0.25) is 0 Å². The molecule has 0 unspecified atom stereocenters. The maximum absolute atomic E-state index is 11.5. The van der Waals surface area contributed by atoms with Crippen molar-refractivity contribution in [1.82, 2.24) is 5.32 Å². The van der Waals surface area contributed by atoms with Gasteiger partial charge in [-0.3, -0.25) is 4.79 Å². The molecule has 0 heterocycles. The number of hydrogen-bond donors (Lipinski definition) is 3. The molecule has 1 rings (SSSR count). The first-order valence-electron chi connectivity index (χ1n) is 5.11. The summed E-state index contributed by atoms with van der Waals surface area (Å²) in [6, 6.07) is 7.27. The summed E-state index contributed by atoms with van der Waals surface area (Å²) in [5.74, 6) is 0.535. The largest absolute Gasteiger partial charge is 0.495 e. The number of anilines is 1. The molecule has 0 spiro atoms. The molecule has 0 fully saturated rings. The lowest BCUT2D eigenvalue weighted by molar-refractivity contribution is -0.115. The van der Waals surface area contributed by atoms with Gasteiger partial charge in [0.05, 0.1) is 19.3 Å². The van der Waals surface area contributed by atoms with Crippen molar-refractivity contribution in [3.8, 4) is 5.75 Å². The van der Waals surface area contributed by atoms with E-state index in [1.807, 2.05) is 12.1 Å². The first-order valence-corrected chi connectivity index (χ1v) is 5.11. The van der Waals surface area contributed by atoms with Crippen LogP contribution in [-0.4, -0.2) is 32.7 Å². The molecule has 0 saturated heterocycles. The summed E-state index contributed by atoms with van der Waals surface area (Å²) < 4.78 is 5.12. The van der Waals surface area contributed by atoms with E-state index in [0.717, 1.165) is 0 Å². The average Bonchev–Trinajstić information content (AvgIpc) is 2.30. The van der Waals surface area contributed by atoms with Crippen molar-refractivity contribution in [2.75, 3.05) is 32.1 Å². The van der Waals surface area contributed by atoms with Crippen molar-refractivity contribution in [1.29, 1.82) is 0 Å². The zero-order chi connectivity index (χ0) is 11.8. The lowest BCUT2D eigenvalue weighted by atomic mass is 10.3. The van der Waals surface area contributed by atoms with Crippen LogP contribution in [0.1, 0.15) is 0 Å². The Kier molecular flexibility index (Phi) is 5.31. The Bertz CT molecular complexity index is 342. The fraction of sp³-hybridized carbons (Fsp3) is 0.364. The van der Waals surface area contributed by atoms with Gasteiger partial charge in [-0.15, -0.1) is 0 Å². The van der Waals surface area contributed by atoms with Crippen LogP contribution in [0.3, 0.4) is 0 Å². The third kappa shape index (κ3) is 3.88. The number of carbonyl (C=O) groups is 1. The quantitative estimate of drug-likeness (QED) is 0.601. The number of nitrogens with two attached hydrogens (primary N) is 1. The monoisotopic (exact) mass is 223 g/mol. The van der Waals surface area contributed by atoms with E-state index in [1.165, 1.54) is 0 Å². The third-order valence-electron chi connectivity index (χ3n) is 1.99. The van der Waals surface area contributed by atoms with E-state index in [2.05, 4.69) is 10.6 Å². The van der Waals surface area contributed by atoms with Gasteiger partial charge in [0.25, 0.3) is 0 Å². The predicted molar refractivity (Wildman–Crippen MR) is 63.5 cm³/mol. The standard InChI is InChI=1S/C11H17N3O2/c1-16-10-5-3-2-4-9(10)14-11(15)8-13-7-6-12/h2-5,13H,6-8,12H2,1H3,(H,14,15). The molecule has 5 nitrogen and oxygen atoms in total. The number of ether oxygens (including phenoxy) is 1.